The van der Waals surface area contributed by atoms with E-state index in [1.807, 2.05) is 96.1 Å². The first kappa shape index (κ1) is 29.0. The Labute approximate surface area is 215 Å². The van der Waals surface area contributed by atoms with Crippen LogP contribution in [-0.2, 0) is 31.3 Å². The molecule has 3 atom stereocenters. The van der Waals surface area contributed by atoms with Crippen LogP contribution in [0.4, 0.5) is 0 Å². The lowest BCUT2D eigenvalue weighted by atomic mass is 9.83. The minimum Gasteiger partial charge on any atom is -0.459 e. The van der Waals surface area contributed by atoms with E-state index >= 15 is 0 Å². The predicted octanol–water partition coefficient (Wildman–Crippen LogP) is 3.97. The number of ether oxygens (including phenoxy) is 1. The summed E-state index contributed by atoms with van der Waals surface area (Å²) in [6.07, 6.45) is 0.405. The third kappa shape index (κ3) is 7.92. The van der Waals surface area contributed by atoms with E-state index in [1.165, 1.54) is 0 Å². The molecule has 2 amide bonds. The number of aryl methyl sites for hydroxylation is 1. The van der Waals surface area contributed by atoms with Crippen LogP contribution in [0, 0.1) is 18.3 Å². The van der Waals surface area contributed by atoms with Crippen LogP contribution in [0.3, 0.4) is 0 Å². The number of esters is 1. The van der Waals surface area contributed by atoms with E-state index in [9.17, 15) is 14.4 Å². The van der Waals surface area contributed by atoms with Crippen LogP contribution in [0.1, 0.15) is 64.7 Å². The van der Waals surface area contributed by atoms with Gasteiger partial charge in [0.05, 0.1) is 0 Å². The highest BCUT2D eigenvalue weighted by atomic mass is 16.5. The Balaban J connectivity index is 2.19. The normalized spacial score (nSPS) is 14.9. The number of carbonyl (C=O) groups is 3. The molecule has 0 bridgehead atoms. The van der Waals surface area contributed by atoms with Gasteiger partial charge in [-0.15, -0.1) is 0 Å². The first-order chi connectivity index (χ1) is 16.7. The summed E-state index contributed by atoms with van der Waals surface area (Å²) in [6, 6.07) is 15.0. The van der Waals surface area contributed by atoms with Crippen molar-refractivity contribution >= 4 is 17.8 Å². The number of benzene rings is 2. The molecule has 36 heavy (non-hydrogen) atoms. The molecule has 0 spiro atoms. The van der Waals surface area contributed by atoms with E-state index in [2.05, 4.69) is 10.6 Å². The van der Waals surface area contributed by atoms with Gasteiger partial charge in [-0.05, 0) is 48.3 Å². The summed E-state index contributed by atoms with van der Waals surface area (Å²) in [6.45, 7) is 13.1. The monoisotopic (exact) mass is 495 g/mol. The minimum absolute atomic E-state index is 0.117. The molecule has 0 heterocycles. The van der Waals surface area contributed by atoms with Gasteiger partial charge in [0.2, 0.25) is 11.8 Å². The zero-order valence-corrected chi connectivity index (χ0v) is 22.6. The number of amides is 2. The smallest absolute Gasteiger partial charge is 0.328 e. The highest BCUT2D eigenvalue weighted by molar-refractivity contribution is 5.94. The van der Waals surface area contributed by atoms with Crippen molar-refractivity contribution in [3.63, 3.8) is 0 Å². The third-order valence-electron chi connectivity index (χ3n) is 6.11. The van der Waals surface area contributed by atoms with E-state index in [1.54, 1.807) is 6.92 Å². The molecule has 4 N–H and O–H groups in total. The van der Waals surface area contributed by atoms with Crippen molar-refractivity contribution < 1.29 is 19.1 Å². The summed E-state index contributed by atoms with van der Waals surface area (Å²) in [5.74, 6) is -1.31. The Kier molecular flexibility index (Phi) is 9.82. The Hall–Kier alpha value is -3.19. The molecule has 2 aromatic rings. The first-order valence-corrected chi connectivity index (χ1v) is 12.4. The molecule has 0 radical (unpaired) electrons. The summed E-state index contributed by atoms with van der Waals surface area (Å²) >= 11 is 0. The second kappa shape index (κ2) is 12.2. The Morgan fingerprint density at radius 3 is 2.06 bits per heavy atom. The number of nitrogens with two attached hydrogens (primary N) is 1. The molecule has 196 valence electrons. The molecule has 0 aromatic heterocycles. The van der Waals surface area contributed by atoms with E-state index in [0.29, 0.717) is 12.0 Å². The van der Waals surface area contributed by atoms with Crippen molar-refractivity contribution in [2.24, 2.45) is 17.1 Å². The second-order valence-electron chi connectivity index (χ2n) is 11.1. The van der Waals surface area contributed by atoms with Gasteiger partial charge >= 0.3 is 5.97 Å². The summed E-state index contributed by atoms with van der Waals surface area (Å²) in [4.78, 5) is 39.7. The molecule has 0 aliphatic rings. The summed E-state index contributed by atoms with van der Waals surface area (Å²) < 4.78 is 5.50. The maximum absolute atomic E-state index is 13.5. The lowest BCUT2D eigenvalue weighted by molar-refractivity contribution is -0.150. The van der Waals surface area contributed by atoms with Gasteiger partial charge in [0.25, 0.3) is 0 Å². The maximum atomic E-state index is 13.5. The van der Waals surface area contributed by atoms with Crippen molar-refractivity contribution in [3.8, 4) is 0 Å². The largest absolute Gasteiger partial charge is 0.459 e. The van der Waals surface area contributed by atoms with E-state index < -0.39 is 40.8 Å². The highest BCUT2D eigenvalue weighted by Gasteiger charge is 2.40. The number of hydrogen-bond donors (Lipinski definition) is 3. The summed E-state index contributed by atoms with van der Waals surface area (Å²) in [7, 11) is 0. The molecule has 0 aliphatic carbocycles. The minimum atomic E-state index is -1.35. The van der Waals surface area contributed by atoms with Crippen LogP contribution in [0.2, 0.25) is 0 Å². The highest BCUT2D eigenvalue weighted by Crippen LogP contribution is 2.25. The lowest BCUT2D eigenvalue weighted by Crippen LogP contribution is -2.61. The van der Waals surface area contributed by atoms with Gasteiger partial charge in [-0.1, -0.05) is 89.2 Å². The van der Waals surface area contributed by atoms with E-state index in [0.717, 1.165) is 11.1 Å². The zero-order chi connectivity index (χ0) is 27.1. The maximum Gasteiger partial charge on any atom is 0.328 e. The van der Waals surface area contributed by atoms with Crippen LogP contribution < -0.4 is 16.4 Å². The fourth-order valence-corrected chi connectivity index (χ4v) is 4.00. The molecule has 2 aromatic carbocycles. The standard InChI is InChI=1S/C29H41N3O4/c1-19(2)17-23(26(34)36-18-21-14-9-8-10-15-21)31-25(33)24(28(4,5)6)32-27(35)29(7,30)22-16-12-11-13-20(22)3/h8-16,19,23-24H,17-18,30H2,1-7H3,(H,31,33)(H,32,35)/t23-,24+,29?/m0/s1. The number of hydrogen-bond acceptors (Lipinski definition) is 5. The SMILES string of the molecule is Cc1ccccc1C(C)(N)C(=O)N[C@H](C(=O)N[C@@H](CC(C)C)C(=O)OCc1ccccc1)C(C)(C)C. The molecule has 7 nitrogen and oxygen atoms in total. The van der Waals surface area contributed by atoms with Crippen LogP contribution >= 0.6 is 0 Å². The Morgan fingerprint density at radius 2 is 1.50 bits per heavy atom. The number of carbonyl (C=O) groups excluding carboxylic acids is 3. The second-order valence-corrected chi connectivity index (χ2v) is 11.1. The molecule has 7 heteroatoms. The Bertz CT molecular complexity index is 1040. The van der Waals surface area contributed by atoms with E-state index in [4.69, 9.17) is 10.5 Å². The van der Waals surface area contributed by atoms with Crippen LogP contribution in [0.25, 0.3) is 0 Å². The van der Waals surface area contributed by atoms with Gasteiger partial charge in [-0.2, -0.15) is 0 Å². The zero-order valence-electron chi connectivity index (χ0n) is 22.6. The Morgan fingerprint density at radius 1 is 0.917 bits per heavy atom. The van der Waals surface area contributed by atoms with Crippen molar-refractivity contribution in [2.45, 2.75) is 79.1 Å². The fraction of sp³-hybridized carbons (Fsp3) is 0.483. The topological polar surface area (TPSA) is 111 Å². The van der Waals surface area contributed by atoms with Gasteiger partial charge < -0.3 is 21.1 Å². The average Bonchev–Trinajstić information content (AvgIpc) is 2.80. The molecule has 0 fully saturated rings. The summed E-state index contributed by atoms with van der Waals surface area (Å²) in [5.41, 5.74) is 6.90. The van der Waals surface area contributed by atoms with Crippen LogP contribution in [0.5, 0.6) is 0 Å². The molecule has 0 aliphatic heterocycles. The first-order valence-electron chi connectivity index (χ1n) is 12.4. The quantitative estimate of drug-likeness (QED) is 0.432. The molecule has 0 saturated carbocycles. The number of rotatable bonds is 10. The lowest BCUT2D eigenvalue weighted by Gasteiger charge is -2.35. The van der Waals surface area contributed by atoms with Gasteiger partial charge in [0, 0.05) is 0 Å². The molecule has 0 saturated heterocycles. The van der Waals surface area contributed by atoms with Crippen LogP contribution in [-0.4, -0.2) is 29.9 Å². The molecular formula is C29H41N3O4. The van der Waals surface area contributed by atoms with E-state index in [-0.39, 0.29) is 12.5 Å². The predicted molar refractivity (Wildman–Crippen MR) is 142 cm³/mol. The van der Waals surface area contributed by atoms with Gasteiger partial charge in [0.15, 0.2) is 0 Å². The average molecular weight is 496 g/mol. The van der Waals surface area contributed by atoms with Crippen LogP contribution in [0.15, 0.2) is 54.6 Å². The fourth-order valence-electron chi connectivity index (χ4n) is 4.00. The van der Waals surface area contributed by atoms with Crippen molar-refractivity contribution in [3.05, 3.63) is 71.3 Å². The van der Waals surface area contributed by atoms with Crippen molar-refractivity contribution in [1.29, 1.82) is 0 Å². The van der Waals surface area contributed by atoms with Gasteiger partial charge in [-0.3, -0.25) is 9.59 Å². The molecule has 1 unspecified atom stereocenters. The molecule has 2 rings (SSSR count). The van der Waals surface area contributed by atoms with Gasteiger partial charge in [-0.25, -0.2) is 4.79 Å². The molecular weight excluding hydrogens is 454 g/mol. The van der Waals surface area contributed by atoms with Gasteiger partial charge in [0.1, 0.15) is 24.2 Å². The van der Waals surface area contributed by atoms with Crippen molar-refractivity contribution in [1.82, 2.24) is 10.6 Å². The summed E-state index contributed by atoms with van der Waals surface area (Å²) in [5, 5.41) is 5.68. The third-order valence-corrected chi connectivity index (χ3v) is 6.11. The number of nitrogens with one attached hydrogen (secondary N) is 2. The van der Waals surface area contributed by atoms with Crippen molar-refractivity contribution in [2.75, 3.05) is 0 Å².